The van der Waals surface area contributed by atoms with Crippen molar-refractivity contribution < 1.29 is 11.0 Å². The second kappa shape index (κ2) is 9.28. The molecule has 0 atom stereocenters. The standard InChI is InChI=1S/C3H10N2.2H2O/c1-4-5(2)3;;/h4H,1-3H3;2*1H2. The monoisotopic (exact) mass is 110 g/mol. The average molecular weight is 110 g/mol. The van der Waals surface area contributed by atoms with Crippen molar-refractivity contribution in [3.63, 3.8) is 0 Å². The molecule has 4 heteroatoms. The van der Waals surface area contributed by atoms with E-state index in [4.69, 9.17) is 0 Å². The van der Waals surface area contributed by atoms with E-state index >= 15 is 0 Å². The van der Waals surface area contributed by atoms with Crippen molar-refractivity contribution in [2.75, 3.05) is 21.1 Å². The summed E-state index contributed by atoms with van der Waals surface area (Å²) in [7, 11) is 5.76. The minimum absolute atomic E-state index is 0. The van der Waals surface area contributed by atoms with E-state index in [1.165, 1.54) is 0 Å². The summed E-state index contributed by atoms with van der Waals surface area (Å²) in [6.07, 6.45) is 0. The van der Waals surface area contributed by atoms with Gasteiger partial charge in [-0.2, -0.15) is 0 Å². The predicted octanol–water partition coefficient (Wildman–Crippen LogP) is -1.97. The molecular weight excluding hydrogens is 96.0 g/mol. The van der Waals surface area contributed by atoms with E-state index in [0.717, 1.165) is 0 Å². The smallest absolute Gasteiger partial charge is 0.00128 e. The third-order valence-electron chi connectivity index (χ3n) is 0.447. The number of hydrazine groups is 1. The van der Waals surface area contributed by atoms with Crippen LogP contribution in [-0.2, 0) is 0 Å². The Bertz CT molecular complexity index is 24.9. The van der Waals surface area contributed by atoms with Gasteiger partial charge in [-0.3, -0.25) is 10.4 Å². The van der Waals surface area contributed by atoms with E-state index in [1.54, 1.807) is 0 Å². The Hall–Kier alpha value is -0.160. The first kappa shape index (κ1) is 15.8. The molecule has 0 rings (SSSR count). The third kappa shape index (κ3) is 25.4. The molecule has 0 fully saturated rings. The third-order valence-corrected chi connectivity index (χ3v) is 0.447. The SMILES string of the molecule is CNN(C)C.O.O. The molecule has 48 valence electrons. The number of rotatable bonds is 1. The molecule has 0 aliphatic carbocycles. The fourth-order valence-corrected chi connectivity index (χ4v) is 0. The average Bonchev–Trinajstić information content (AvgIpc) is 1.38. The van der Waals surface area contributed by atoms with Crippen LogP contribution in [0, 0.1) is 0 Å². The van der Waals surface area contributed by atoms with Crippen molar-refractivity contribution in [1.82, 2.24) is 10.4 Å². The van der Waals surface area contributed by atoms with Gasteiger partial charge >= 0.3 is 0 Å². The summed E-state index contributed by atoms with van der Waals surface area (Å²) in [5.74, 6) is 0. The van der Waals surface area contributed by atoms with Gasteiger partial charge in [0, 0.05) is 14.1 Å². The Morgan fingerprint density at radius 2 is 1.29 bits per heavy atom. The van der Waals surface area contributed by atoms with Crippen LogP contribution in [-0.4, -0.2) is 37.1 Å². The van der Waals surface area contributed by atoms with E-state index in [1.807, 2.05) is 26.2 Å². The quantitative estimate of drug-likeness (QED) is 0.397. The van der Waals surface area contributed by atoms with Crippen molar-refractivity contribution in [1.29, 1.82) is 0 Å². The molecule has 0 aromatic carbocycles. The summed E-state index contributed by atoms with van der Waals surface area (Å²) in [6, 6.07) is 0. The van der Waals surface area contributed by atoms with Gasteiger partial charge in [0.1, 0.15) is 0 Å². The van der Waals surface area contributed by atoms with E-state index in [9.17, 15) is 0 Å². The van der Waals surface area contributed by atoms with Gasteiger partial charge < -0.3 is 11.0 Å². The summed E-state index contributed by atoms with van der Waals surface area (Å²) >= 11 is 0. The molecule has 0 spiro atoms. The Morgan fingerprint density at radius 3 is 1.29 bits per heavy atom. The van der Waals surface area contributed by atoms with Gasteiger partial charge in [-0.25, -0.2) is 0 Å². The topological polar surface area (TPSA) is 78.3 Å². The fraction of sp³-hybridized carbons (Fsp3) is 1.00. The van der Waals surface area contributed by atoms with Crippen molar-refractivity contribution >= 4 is 0 Å². The lowest BCUT2D eigenvalue weighted by molar-refractivity contribution is 0.323. The van der Waals surface area contributed by atoms with Crippen molar-refractivity contribution in [2.24, 2.45) is 0 Å². The number of hydrogen-bond acceptors (Lipinski definition) is 2. The molecule has 4 nitrogen and oxygen atoms in total. The van der Waals surface area contributed by atoms with Crippen LogP contribution >= 0.6 is 0 Å². The highest BCUT2D eigenvalue weighted by atomic mass is 16.0. The lowest BCUT2D eigenvalue weighted by Gasteiger charge is -2.02. The van der Waals surface area contributed by atoms with Crippen LogP contribution in [0.25, 0.3) is 0 Å². The molecule has 0 aliphatic rings. The van der Waals surface area contributed by atoms with Crippen molar-refractivity contribution in [2.45, 2.75) is 0 Å². The molecule has 0 aliphatic heterocycles. The Balaban J connectivity index is -0.0000000800. The van der Waals surface area contributed by atoms with Crippen LogP contribution in [0.2, 0.25) is 0 Å². The lowest BCUT2D eigenvalue weighted by Crippen LogP contribution is -2.25. The van der Waals surface area contributed by atoms with Crippen LogP contribution in [0.1, 0.15) is 0 Å². The Labute approximate surface area is 43.7 Å². The van der Waals surface area contributed by atoms with Crippen LogP contribution < -0.4 is 5.43 Å². The van der Waals surface area contributed by atoms with E-state index in [-0.39, 0.29) is 11.0 Å². The Morgan fingerprint density at radius 1 is 1.14 bits per heavy atom. The normalized spacial score (nSPS) is 6.86. The van der Waals surface area contributed by atoms with Gasteiger partial charge in [-0.1, -0.05) is 0 Å². The molecule has 0 unspecified atom stereocenters. The fourth-order valence-electron chi connectivity index (χ4n) is 0. The maximum Gasteiger partial charge on any atom is 0.00128 e. The van der Waals surface area contributed by atoms with Crippen LogP contribution in [0.3, 0.4) is 0 Å². The molecule has 0 saturated heterocycles. The zero-order valence-electron chi connectivity index (χ0n) is 4.95. The van der Waals surface area contributed by atoms with Gasteiger partial charge in [0.25, 0.3) is 0 Å². The zero-order valence-corrected chi connectivity index (χ0v) is 4.95. The summed E-state index contributed by atoms with van der Waals surface area (Å²) < 4.78 is 0. The number of nitrogens with one attached hydrogen (secondary N) is 1. The summed E-state index contributed by atoms with van der Waals surface area (Å²) in [6.45, 7) is 0. The zero-order chi connectivity index (χ0) is 4.28. The van der Waals surface area contributed by atoms with Gasteiger partial charge in [0.05, 0.1) is 0 Å². The second-order valence-electron chi connectivity index (χ2n) is 1.12. The highest BCUT2D eigenvalue weighted by Crippen LogP contribution is 1.49. The summed E-state index contributed by atoms with van der Waals surface area (Å²) in [4.78, 5) is 0. The molecule has 0 aromatic rings. The molecule has 0 amide bonds. The van der Waals surface area contributed by atoms with Gasteiger partial charge in [0.2, 0.25) is 0 Å². The minimum Gasteiger partial charge on any atom is -0.412 e. The van der Waals surface area contributed by atoms with Crippen LogP contribution in [0.15, 0.2) is 0 Å². The van der Waals surface area contributed by atoms with E-state index in [2.05, 4.69) is 5.43 Å². The molecule has 0 heterocycles. The first-order valence-corrected chi connectivity index (χ1v) is 1.62. The largest absolute Gasteiger partial charge is 0.412 e. The molecule has 0 bridgehead atoms. The van der Waals surface area contributed by atoms with Gasteiger partial charge in [0.15, 0.2) is 0 Å². The van der Waals surface area contributed by atoms with Crippen molar-refractivity contribution in [3.05, 3.63) is 0 Å². The van der Waals surface area contributed by atoms with Crippen molar-refractivity contribution in [3.8, 4) is 0 Å². The van der Waals surface area contributed by atoms with Gasteiger partial charge in [-0.05, 0) is 7.05 Å². The molecule has 0 saturated carbocycles. The lowest BCUT2D eigenvalue weighted by atomic mass is 11.1. The molecule has 7 heavy (non-hydrogen) atoms. The highest BCUT2D eigenvalue weighted by molar-refractivity contribution is 4.12. The molecule has 0 aromatic heterocycles. The maximum atomic E-state index is 2.86. The minimum atomic E-state index is 0. The predicted molar refractivity (Wildman–Crippen MR) is 30.0 cm³/mol. The highest BCUT2D eigenvalue weighted by Gasteiger charge is 1.68. The van der Waals surface area contributed by atoms with Gasteiger partial charge in [-0.15, -0.1) is 0 Å². The molecular formula is C3H14N2O2. The van der Waals surface area contributed by atoms with E-state index < -0.39 is 0 Å². The first-order valence-electron chi connectivity index (χ1n) is 1.62. The molecule has 5 N–H and O–H groups in total. The Kier molecular flexibility index (Phi) is 21.0. The number of nitrogens with zero attached hydrogens (tertiary/aromatic N) is 1. The second-order valence-corrected chi connectivity index (χ2v) is 1.12. The first-order chi connectivity index (χ1) is 2.27. The van der Waals surface area contributed by atoms with Crippen LogP contribution in [0.4, 0.5) is 0 Å². The van der Waals surface area contributed by atoms with E-state index in [0.29, 0.717) is 0 Å². The maximum absolute atomic E-state index is 2.86. The summed E-state index contributed by atoms with van der Waals surface area (Å²) in [5.41, 5.74) is 2.86. The molecule has 0 radical (unpaired) electrons. The number of hydrogen-bond donors (Lipinski definition) is 1. The van der Waals surface area contributed by atoms with Crippen LogP contribution in [0.5, 0.6) is 0 Å². The summed E-state index contributed by atoms with van der Waals surface area (Å²) in [5, 5.41) is 1.88.